The van der Waals surface area contributed by atoms with Crippen LogP contribution in [-0.4, -0.2) is 86.9 Å². The number of fused-ring (bicyclic) bond motifs is 1. The van der Waals surface area contributed by atoms with Gasteiger partial charge in [0.05, 0.1) is 18.8 Å². The number of likely N-dealkylation sites (tertiary alicyclic amines) is 1. The van der Waals surface area contributed by atoms with Crippen LogP contribution in [0.2, 0.25) is 0 Å². The molecule has 2 saturated heterocycles. The lowest BCUT2D eigenvalue weighted by atomic mass is 9.93. The monoisotopic (exact) mass is 517 g/mol. The Labute approximate surface area is 219 Å². The summed E-state index contributed by atoms with van der Waals surface area (Å²) in [6, 6.07) is 10.2. The predicted octanol–water partition coefficient (Wildman–Crippen LogP) is 1.79. The van der Waals surface area contributed by atoms with Crippen LogP contribution in [-0.2, 0) is 11.3 Å². The van der Waals surface area contributed by atoms with Crippen LogP contribution in [0.5, 0.6) is 0 Å². The smallest absolute Gasteiger partial charge is 0.303 e. The highest BCUT2D eigenvalue weighted by atomic mass is 16.4. The Morgan fingerprint density at radius 2 is 1.82 bits per heavy atom. The maximum atomic E-state index is 12.6. The van der Waals surface area contributed by atoms with Crippen molar-refractivity contribution in [2.45, 2.75) is 25.8 Å². The molecule has 3 N–H and O–H groups in total. The first-order valence-corrected chi connectivity index (χ1v) is 12.9. The van der Waals surface area contributed by atoms with Gasteiger partial charge in [-0.05, 0) is 49.5 Å². The number of rotatable bonds is 8. The fourth-order valence-electron chi connectivity index (χ4n) is 5.11. The van der Waals surface area contributed by atoms with Gasteiger partial charge in [-0.15, -0.1) is 0 Å². The summed E-state index contributed by atoms with van der Waals surface area (Å²) >= 11 is 0. The normalized spacial score (nSPS) is 17.4. The van der Waals surface area contributed by atoms with Crippen LogP contribution in [0.4, 0.5) is 17.5 Å². The molecule has 0 spiro atoms. The van der Waals surface area contributed by atoms with Crippen LogP contribution in [0.15, 0.2) is 35.3 Å². The molecule has 198 valence electrons. The van der Waals surface area contributed by atoms with Gasteiger partial charge in [0, 0.05) is 44.8 Å². The van der Waals surface area contributed by atoms with E-state index in [0.717, 1.165) is 56.8 Å². The maximum Gasteiger partial charge on any atom is 0.303 e. The van der Waals surface area contributed by atoms with E-state index in [1.54, 1.807) is 0 Å². The number of piperazine rings is 1. The summed E-state index contributed by atoms with van der Waals surface area (Å²) in [6.07, 6.45) is 3.60. The Kier molecular flexibility index (Phi) is 7.76. The highest BCUT2D eigenvalue weighted by molar-refractivity contribution is 5.90. The van der Waals surface area contributed by atoms with Crippen LogP contribution in [0, 0.1) is 17.2 Å². The summed E-state index contributed by atoms with van der Waals surface area (Å²) in [6.45, 7) is 5.86. The molecular formula is C26H31N9O3. The maximum absolute atomic E-state index is 12.6. The summed E-state index contributed by atoms with van der Waals surface area (Å²) in [7, 11) is 0. The molecule has 38 heavy (non-hydrogen) atoms. The number of piperidine rings is 1. The summed E-state index contributed by atoms with van der Waals surface area (Å²) in [5, 5.41) is 28.0. The Bertz CT molecular complexity index is 1370. The van der Waals surface area contributed by atoms with Gasteiger partial charge in [0.25, 0.3) is 5.56 Å². The number of carboxylic acid groups (broad SMARTS) is 1. The van der Waals surface area contributed by atoms with Crippen molar-refractivity contribution >= 4 is 34.3 Å². The molecule has 0 aliphatic carbocycles. The van der Waals surface area contributed by atoms with E-state index in [4.69, 9.17) is 15.4 Å². The standard InChI is InChI=1S/C26H31N9O3/c27-7-10-33-11-13-35(14-12-33)26-30-21-16-28-32-25(38)23(21)24(31-26)29-20-3-1-19(2-4-20)17-34-8-5-18(6-9-34)15-22(36)37/h1-4,16,18H,5-6,8-15,17H2,(H,32,38)(H,36,37)(H,29,30,31). The SMILES string of the molecule is N#CCN1CCN(c2nc(Nc3ccc(CN4CCC(CC(=O)O)CC4)cc3)c3c(=O)[nH]ncc3n2)CC1. The molecular weight excluding hydrogens is 486 g/mol. The number of carboxylic acids is 1. The fraction of sp³-hybridized carbons (Fsp3) is 0.462. The van der Waals surface area contributed by atoms with Crippen molar-refractivity contribution in [3.63, 3.8) is 0 Å². The van der Waals surface area contributed by atoms with Gasteiger partial charge in [-0.3, -0.25) is 19.4 Å². The van der Waals surface area contributed by atoms with Gasteiger partial charge in [0.15, 0.2) is 0 Å². The molecule has 0 bridgehead atoms. The second-order valence-corrected chi connectivity index (χ2v) is 9.89. The van der Waals surface area contributed by atoms with Crippen LogP contribution in [0.25, 0.3) is 10.9 Å². The zero-order valence-electron chi connectivity index (χ0n) is 21.1. The van der Waals surface area contributed by atoms with Crippen LogP contribution < -0.4 is 15.8 Å². The zero-order valence-corrected chi connectivity index (χ0v) is 21.1. The first-order chi connectivity index (χ1) is 18.5. The molecule has 0 amide bonds. The van der Waals surface area contributed by atoms with E-state index < -0.39 is 5.97 Å². The lowest BCUT2D eigenvalue weighted by molar-refractivity contribution is -0.138. The quantitative estimate of drug-likeness (QED) is 0.375. The third kappa shape index (κ3) is 6.07. The first kappa shape index (κ1) is 25.6. The minimum atomic E-state index is -0.716. The molecule has 0 unspecified atom stereocenters. The lowest BCUT2D eigenvalue weighted by Gasteiger charge is -2.33. The number of aromatic nitrogens is 4. The number of aromatic amines is 1. The van der Waals surface area contributed by atoms with Crippen LogP contribution in [0.3, 0.4) is 0 Å². The Balaban J connectivity index is 1.29. The number of carbonyl (C=O) groups is 1. The second-order valence-electron chi connectivity index (χ2n) is 9.89. The average molecular weight is 518 g/mol. The van der Waals surface area contributed by atoms with E-state index in [9.17, 15) is 9.59 Å². The molecule has 2 fully saturated rings. The van der Waals surface area contributed by atoms with Crippen molar-refractivity contribution in [2.75, 3.05) is 56.0 Å². The molecule has 12 heteroatoms. The molecule has 5 rings (SSSR count). The summed E-state index contributed by atoms with van der Waals surface area (Å²) < 4.78 is 0. The Morgan fingerprint density at radius 3 is 2.50 bits per heavy atom. The minimum absolute atomic E-state index is 0.254. The van der Waals surface area contributed by atoms with E-state index in [-0.39, 0.29) is 17.9 Å². The van der Waals surface area contributed by atoms with Gasteiger partial charge < -0.3 is 15.3 Å². The average Bonchev–Trinajstić information content (AvgIpc) is 2.91. The Hall–Kier alpha value is -4.08. The highest BCUT2D eigenvalue weighted by Gasteiger charge is 2.22. The molecule has 0 radical (unpaired) electrons. The number of anilines is 3. The molecule has 3 aromatic rings. The highest BCUT2D eigenvalue weighted by Crippen LogP contribution is 2.26. The van der Waals surface area contributed by atoms with Crippen LogP contribution >= 0.6 is 0 Å². The number of nitrogens with zero attached hydrogens (tertiary/aromatic N) is 7. The van der Waals surface area contributed by atoms with Crippen molar-refractivity contribution in [1.29, 1.82) is 5.26 Å². The van der Waals surface area contributed by atoms with Gasteiger partial charge in [-0.1, -0.05) is 12.1 Å². The summed E-state index contributed by atoms with van der Waals surface area (Å²) in [5.74, 6) is 0.488. The fourth-order valence-corrected chi connectivity index (χ4v) is 5.11. The number of nitrogens with one attached hydrogen (secondary N) is 2. The van der Waals surface area contributed by atoms with E-state index in [1.165, 1.54) is 6.20 Å². The van der Waals surface area contributed by atoms with Gasteiger partial charge in [0.1, 0.15) is 16.7 Å². The summed E-state index contributed by atoms with van der Waals surface area (Å²) in [5.41, 5.74) is 2.06. The van der Waals surface area contributed by atoms with Crippen molar-refractivity contribution in [3.05, 3.63) is 46.4 Å². The van der Waals surface area contributed by atoms with Gasteiger partial charge in [-0.25, -0.2) is 10.1 Å². The molecule has 1 aromatic carbocycles. The van der Waals surface area contributed by atoms with Crippen molar-refractivity contribution in [3.8, 4) is 6.07 Å². The lowest BCUT2D eigenvalue weighted by Crippen LogP contribution is -2.47. The first-order valence-electron chi connectivity index (χ1n) is 12.9. The van der Waals surface area contributed by atoms with E-state index in [1.807, 2.05) is 12.1 Å². The van der Waals surface area contributed by atoms with Crippen LogP contribution in [0.1, 0.15) is 24.8 Å². The number of hydrogen-bond donors (Lipinski definition) is 3. The topological polar surface area (TPSA) is 154 Å². The number of aliphatic carboxylic acids is 1. The molecule has 4 heterocycles. The number of nitriles is 1. The number of hydrogen-bond acceptors (Lipinski definition) is 10. The summed E-state index contributed by atoms with van der Waals surface area (Å²) in [4.78, 5) is 39.4. The van der Waals surface area contributed by atoms with Gasteiger partial charge >= 0.3 is 5.97 Å². The molecule has 12 nitrogen and oxygen atoms in total. The number of H-pyrrole nitrogens is 1. The van der Waals surface area contributed by atoms with Gasteiger partial charge in [-0.2, -0.15) is 15.3 Å². The Morgan fingerprint density at radius 1 is 1.08 bits per heavy atom. The van der Waals surface area contributed by atoms with Gasteiger partial charge in [0.2, 0.25) is 5.95 Å². The largest absolute Gasteiger partial charge is 0.481 e. The van der Waals surface area contributed by atoms with Crippen molar-refractivity contribution in [1.82, 2.24) is 30.0 Å². The zero-order chi connectivity index (χ0) is 26.5. The van der Waals surface area contributed by atoms with E-state index in [2.05, 4.69) is 53.4 Å². The van der Waals surface area contributed by atoms with Crippen molar-refractivity contribution < 1.29 is 9.90 Å². The number of benzene rings is 1. The van der Waals surface area contributed by atoms with E-state index in [0.29, 0.717) is 42.3 Å². The third-order valence-corrected chi connectivity index (χ3v) is 7.25. The second kappa shape index (κ2) is 11.5. The molecule has 2 aliphatic rings. The molecule has 0 saturated carbocycles. The molecule has 0 atom stereocenters. The predicted molar refractivity (Wildman–Crippen MR) is 142 cm³/mol. The van der Waals surface area contributed by atoms with Crippen molar-refractivity contribution in [2.24, 2.45) is 5.92 Å². The molecule has 2 aromatic heterocycles. The van der Waals surface area contributed by atoms with E-state index >= 15 is 0 Å². The third-order valence-electron chi connectivity index (χ3n) is 7.25. The minimum Gasteiger partial charge on any atom is -0.481 e. The molecule has 2 aliphatic heterocycles.